The monoisotopic (exact) mass is 541 g/mol. The van der Waals surface area contributed by atoms with Crippen LogP contribution in [0.25, 0.3) is 0 Å². The molecule has 0 atom stereocenters. The molecule has 0 radical (unpaired) electrons. The average molecular weight is 542 g/mol. The minimum Gasteiger partial charge on any atom is -0.508 e. The average Bonchev–Trinajstić information content (AvgIpc) is 2.85. The Hall–Kier alpha value is -3.82. The standard InChI is InChI=1S/C29H39N3O7/c1-21-17-24(33)19-22-18-23(11-9-7-5-6-8-10-16-37-27(35)26(21)22)30-38-20-25(34)31-12-14-32(15-13-31)28(36)39-29(2,3)4/h6,8-9,11,17,19,33H,5,7,10,12-16,18,20H2,1-4H3/b8-6+,11-9+,30-23+. The van der Waals surface area contributed by atoms with Crippen LogP contribution in [0.5, 0.6) is 5.75 Å². The number of piperazine rings is 1. The smallest absolute Gasteiger partial charge is 0.410 e. The lowest BCUT2D eigenvalue weighted by atomic mass is 9.96. The van der Waals surface area contributed by atoms with Crippen LogP contribution in [0.1, 0.15) is 61.5 Å². The third-order valence-electron chi connectivity index (χ3n) is 6.13. The van der Waals surface area contributed by atoms with Crippen molar-refractivity contribution >= 4 is 23.7 Å². The van der Waals surface area contributed by atoms with Gasteiger partial charge >= 0.3 is 12.1 Å². The molecule has 0 aromatic heterocycles. The van der Waals surface area contributed by atoms with Gasteiger partial charge in [-0.25, -0.2) is 9.59 Å². The number of aromatic hydroxyl groups is 1. The summed E-state index contributed by atoms with van der Waals surface area (Å²) in [6.45, 7) is 8.69. The summed E-state index contributed by atoms with van der Waals surface area (Å²) in [6, 6.07) is 3.04. The number of allylic oxidation sites excluding steroid dienone is 3. The van der Waals surface area contributed by atoms with Crippen LogP contribution in [0.15, 0.2) is 41.6 Å². The molecule has 2 heterocycles. The lowest BCUT2D eigenvalue weighted by Crippen LogP contribution is -2.52. The number of amides is 2. The predicted molar refractivity (Wildman–Crippen MR) is 147 cm³/mol. The molecular formula is C29H39N3O7. The summed E-state index contributed by atoms with van der Waals surface area (Å²) in [7, 11) is 0. The maximum absolute atomic E-state index is 12.8. The van der Waals surface area contributed by atoms with E-state index in [1.54, 1.807) is 22.8 Å². The number of ether oxygens (including phenoxy) is 2. The van der Waals surface area contributed by atoms with E-state index in [9.17, 15) is 19.5 Å². The summed E-state index contributed by atoms with van der Waals surface area (Å²) in [5.41, 5.74) is 1.46. The van der Waals surface area contributed by atoms with Crippen LogP contribution in [0.2, 0.25) is 0 Å². The zero-order valence-corrected chi connectivity index (χ0v) is 23.3. The van der Waals surface area contributed by atoms with Crippen molar-refractivity contribution in [2.75, 3.05) is 39.4 Å². The summed E-state index contributed by atoms with van der Waals surface area (Å²) in [6.07, 6.45) is 9.83. The van der Waals surface area contributed by atoms with Gasteiger partial charge in [-0.05, 0) is 76.3 Å². The lowest BCUT2D eigenvalue weighted by Gasteiger charge is -2.35. The number of hydrogen-bond acceptors (Lipinski definition) is 8. The zero-order valence-electron chi connectivity index (χ0n) is 23.3. The van der Waals surface area contributed by atoms with Gasteiger partial charge in [-0.2, -0.15) is 0 Å². The molecule has 0 bridgehead atoms. The van der Waals surface area contributed by atoms with Crippen molar-refractivity contribution in [3.8, 4) is 5.75 Å². The van der Waals surface area contributed by atoms with Gasteiger partial charge in [0.25, 0.3) is 5.91 Å². The Bertz CT molecular complexity index is 1130. The minimum atomic E-state index is -0.577. The third kappa shape index (κ3) is 9.46. The van der Waals surface area contributed by atoms with Crippen LogP contribution >= 0.6 is 0 Å². The first-order valence-electron chi connectivity index (χ1n) is 13.3. The highest BCUT2D eigenvalue weighted by Crippen LogP contribution is 2.24. The molecule has 0 aliphatic carbocycles. The molecule has 0 spiro atoms. The number of oxime groups is 1. The molecule has 1 aromatic carbocycles. The molecule has 2 aliphatic heterocycles. The summed E-state index contributed by atoms with van der Waals surface area (Å²) in [5.74, 6) is -0.665. The van der Waals surface area contributed by atoms with Gasteiger partial charge in [0.1, 0.15) is 11.4 Å². The van der Waals surface area contributed by atoms with Crippen LogP contribution in [-0.4, -0.2) is 83.6 Å². The van der Waals surface area contributed by atoms with Crippen LogP contribution in [0, 0.1) is 6.92 Å². The normalized spacial score (nSPS) is 19.9. The molecule has 10 heteroatoms. The highest BCUT2D eigenvalue weighted by molar-refractivity contribution is 6.00. The van der Waals surface area contributed by atoms with E-state index in [0.29, 0.717) is 55.0 Å². The van der Waals surface area contributed by atoms with Crippen LogP contribution in [0.4, 0.5) is 4.79 Å². The van der Waals surface area contributed by atoms with Gasteiger partial charge in [-0.15, -0.1) is 0 Å². The minimum absolute atomic E-state index is 0.0352. The Morgan fingerprint density at radius 1 is 1.03 bits per heavy atom. The largest absolute Gasteiger partial charge is 0.508 e. The summed E-state index contributed by atoms with van der Waals surface area (Å²) >= 11 is 0. The van der Waals surface area contributed by atoms with Crippen molar-refractivity contribution < 1.29 is 33.8 Å². The molecular weight excluding hydrogens is 502 g/mol. The van der Waals surface area contributed by atoms with Crippen molar-refractivity contribution in [1.29, 1.82) is 0 Å². The first kappa shape index (κ1) is 29.7. The molecule has 212 valence electrons. The number of phenolic OH excluding ortho intramolecular Hbond substituents is 1. The maximum Gasteiger partial charge on any atom is 0.410 e. The Balaban J connectivity index is 1.67. The van der Waals surface area contributed by atoms with Gasteiger partial charge in [0.2, 0.25) is 0 Å². The van der Waals surface area contributed by atoms with E-state index in [-0.39, 0.29) is 31.3 Å². The number of fused-ring (bicyclic) bond motifs is 1. The topological polar surface area (TPSA) is 118 Å². The number of carbonyl (C=O) groups is 3. The fourth-order valence-electron chi connectivity index (χ4n) is 4.25. The molecule has 2 amide bonds. The fraction of sp³-hybridized carbons (Fsp3) is 0.517. The fourth-order valence-corrected chi connectivity index (χ4v) is 4.25. The van der Waals surface area contributed by atoms with E-state index >= 15 is 0 Å². The first-order valence-corrected chi connectivity index (χ1v) is 13.3. The van der Waals surface area contributed by atoms with E-state index in [0.717, 1.165) is 12.8 Å². The summed E-state index contributed by atoms with van der Waals surface area (Å²) in [4.78, 5) is 46.5. The Morgan fingerprint density at radius 3 is 2.41 bits per heavy atom. The van der Waals surface area contributed by atoms with E-state index < -0.39 is 17.7 Å². The number of nitrogens with zero attached hydrogens (tertiary/aromatic N) is 3. The van der Waals surface area contributed by atoms with Gasteiger partial charge in [0.05, 0.1) is 17.9 Å². The van der Waals surface area contributed by atoms with Crippen molar-refractivity contribution in [3.63, 3.8) is 0 Å². The number of esters is 1. The van der Waals surface area contributed by atoms with E-state index in [1.165, 1.54) is 12.1 Å². The highest BCUT2D eigenvalue weighted by Gasteiger charge is 2.28. The molecule has 10 nitrogen and oxygen atoms in total. The van der Waals surface area contributed by atoms with Crippen molar-refractivity contribution in [3.05, 3.63) is 53.1 Å². The van der Waals surface area contributed by atoms with Crippen LogP contribution in [-0.2, 0) is 25.5 Å². The van der Waals surface area contributed by atoms with Gasteiger partial charge in [-0.1, -0.05) is 23.4 Å². The number of aryl methyl sites for hydroxylation is 1. The van der Waals surface area contributed by atoms with Crippen molar-refractivity contribution in [1.82, 2.24) is 9.80 Å². The molecule has 1 N–H and O–H groups in total. The molecule has 2 aliphatic rings. The number of benzene rings is 1. The molecule has 39 heavy (non-hydrogen) atoms. The lowest BCUT2D eigenvalue weighted by molar-refractivity contribution is -0.137. The highest BCUT2D eigenvalue weighted by atomic mass is 16.6. The van der Waals surface area contributed by atoms with Gasteiger partial charge in [0, 0.05) is 32.6 Å². The summed E-state index contributed by atoms with van der Waals surface area (Å²) in [5, 5.41) is 14.4. The Morgan fingerprint density at radius 2 is 1.69 bits per heavy atom. The van der Waals surface area contributed by atoms with Crippen molar-refractivity contribution in [2.24, 2.45) is 5.16 Å². The number of hydrogen-bond donors (Lipinski definition) is 1. The van der Waals surface area contributed by atoms with Gasteiger partial charge in [-0.3, -0.25) is 4.79 Å². The van der Waals surface area contributed by atoms with E-state index in [2.05, 4.69) is 5.16 Å². The molecule has 1 saturated heterocycles. The third-order valence-corrected chi connectivity index (χ3v) is 6.13. The molecule has 1 aromatic rings. The number of rotatable bonds is 3. The second-order valence-electron chi connectivity index (χ2n) is 10.6. The second kappa shape index (κ2) is 13.8. The molecule has 1 fully saturated rings. The van der Waals surface area contributed by atoms with Gasteiger partial charge < -0.3 is 29.2 Å². The second-order valence-corrected chi connectivity index (χ2v) is 10.6. The number of carbonyl (C=O) groups excluding carboxylic acids is 3. The molecule has 3 rings (SSSR count). The quantitative estimate of drug-likeness (QED) is 0.347. The Kier molecular flexibility index (Phi) is 10.5. The molecule has 0 saturated carbocycles. The molecule has 0 unspecified atom stereocenters. The van der Waals surface area contributed by atoms with Gasteiger partial charge in [0.15, 0.2) is 6.61 Å². The number of phenols is 1. The van der Waals surface area contributed by atoms with Crippen molar-refractivity contribution in [2.45, 2.75) is 59.0 Å². The zero-order chi connectivity index (χ0) is 28.4. The van der Waals surface area contributed by atoms with E-state index in [4.69, 9.17) is 14.3 Å². The van der Waals surface area contributed by atoms with Crippen LogP contribution in [0.3, 0.4) is 0 Å². The SMILES string of the molecule is Cc1cc(O)cc2c1C(=O)OCC/C=C/CC/C=C/C(=N\OCC(=O)N1CCN(C(=O)OC(C)(C)C)CC1)C2. The predicted octanol–water partition coefficient (Wildman–Crippen LogP) is 4.15. The number of cyclic esters (lactones) is 1. The van der Waals surface area contributed by atoms with E-state index in [1.807, 2.05) is 39.0 Å². The first-order chi connectivity index (χ1) is 18.5. The Labute approximate surface area is 229 Å². The van der Waals surface area contributed by atoms with Crippen LogP contribution < -0.4 is 0 Å². The maximum atomic E-state index is 12.8. The summed E-state index contributed by atoms with van der Waals surface area (Å²) < 4.78 is 10.9.